The molecule has 4 nitrogen and oxygen atoms in total. The van der Waals surface area contributed by atoms with Crippen LogP contribution in [-0.4, -0.2) is 18.1 Å². The van der Waals surface area contributed by atoms with Gasteiger partial charge in [-0.05, 0) is 54.7 Å². The smallest absolute Gasteiger partial charge is 0.340 e. The molecule has 3 rings (SSSR count). The molecule has 1 heterocycles. The van der Waals surface area contributed by atoms with E-state index in [0.29, 0.717) is 11.4 Å². The number of benzene rings is 1. The van der Waals surface area contributed by atoms with E-state index in [-0.39, 0.29) is 5.56 Å². The van der Waals surface area contributed by atoms with Crippen molar-refractivity contribution in [1.29, 1.82) is 0 Å². The summed E-state index contributed by atoms with van der Waals surface area (Å²) >= 11 is 0. The van der Waals surface area contributed by atoms with Crippen molar-refractivity contribution in [3.63, 3.8) is 0 Å². The second-order valence-corrected chi connectivity index (χ2v) is 7.18. The van der Waals surface area contributed by atoms with Crippen molar-refractivity contribution in [2.75, 3.05) is 12.8 Å². The van der Waals surface area contributed by atoms with E-state index < -0.39 is 11.8 Å². The first-order valence-corrected chi connectivity index (χ1v) is 10.2. The monoisotopic (exact) mass is 416 g/mol. The average Bonchev–Trinajstić information content (AvgIpc) is 2.97. The normalized spacial score (nSPS) is 13.5. The van der Waals surface area contributed by atoms with Crippen LogP contribution in [0, 0.1) is 17.7 Å². The highest BCUT2D eigenvalue weighted by Crippen LogP contribution is 2.34. The van der Waals surface area contributed by atoms with E-state index in [1.54, 1.807) is 18.3 Å². The number of rotatable bonds is 4. The molecule has 0 bridgehead atoms. The van der Waals surface area contributed by atoms with Crippen LogP contribution in [0.2, 0.25) is 0 Å². The van der Waals surface area contributed by atoms with Crippen LogP contribution in [0.15, 0.2) is 65.4 Å². The number of ether oxygens (including phenoxy) is 1. The molecule has 31 heavy (non-hydrogen) atoms. The molecule has 0 fully saturated rings. The van der Waals surface area contributed by atoms with Gasteiger partial charge in [-0.1, -0.05) is 55.1 Å². The number of halogens is 1. The summed E-state index contributed by atoms with van der Waals surface area (Å²) in [5.41, 5.74) is 11.1. The number of nitrogens with zero attached hydrogens (tertiary/aromatic N) is 1. The fourth-order valence-electron chi connectivity index (χ4n) is 3.41. The summed E-state index contributed by atoms with van der Waals surface area (Å²) in [6.45, 7) is 4.22. The number of pyridine rings is 1. The van der Waals surface area contributed by atoms with Crippen LogP contribution >= 0.6 is 0 Å². The number of nitrogens with two attached hydrogens (primary N) is 1. The predicted octanol–water partition coefficient (Wildman–Crippen LogP) is 5.47. The zero-order chi connectivity index (χ0) is 22.4. The number of aromatic nitrogens is 1. The SMILES string of the molecule is CCC1=CC=C(c2ccc(C(=O)OC)c(F)c2)C(C#Cc2ccc(N)nc2)=C(CC)C1. The third-order valence-electron chi connectivity index (χ3n) is 5.23. The van der Waals surface area contributed by atoms with Gasteiger partial charge in [-0.25, -0.2) is 14.2 Å². The molecule has 1 aliphatic rings. The number of nitrogen functional groups attached to an aromatic ring is 1. The van der Waals surface area contributed by atoms with E-state index in [0.717, 1.165) is 36.0 Å². The molecule has 1 aliphatic carbocycles. The van der Waals surface area contributed by atoms with Gasteiger partial charge < -0.3 is 10.5 Å². The van der Waals surface area contributed by atoms with Crippen LogP contribution in [0.5, 0.6) is 0 Å². The molecule has 1 aromatic heterocycles. The van der Waals surface area contributed by atoms with Gasteiger partial charge in [0.1, 0.15) is 11.6 Å². The van der Waals surface area contributed by atoms with Crippen molar-refractivity contribution < 1.29 is 13.9 Å². The second-order valence-electron chi connectivity index (χ2n) is 7.18. The zero-order valence-electron chi connectivity index (χ0n) is 18.0. The van der Waals surface area contributed by atoms with Crippen LogP contribution in [0.3, 0.4) is 0 Å². The van der Waals surface area contributed by atoms with Gasteiger partial charge in [0.25, 0.3) is 0 Å². The molecule has 0 saturated heterocycles. The van der Waals surface area contributed by atoms with Crippen molar-refractivity contribution >= 4 is 17.4 Å². The highest BCUT2D eigenvalue weighted by atomic mass is 19.1. The lowest BCUT2D eigenvalue weighted by Gasteiger charge is -2.13. The van der Waals surface area contributed by atoms with Gasteiger partial charge in [-0.15, -0.1) is 0 Å². The molecule has 0 spiro atoms. The van der Waals surface area contributed by atoms with Crippen molar-refractivity contribution in [3.05, 3.63) is 87.9 Å². The van der Waals surface area contributed by atoms with Crippen molar-refractivity contribution in [2.24, 2.45) is 0 Å². The molecule has 0 aliphatic heterocycles. The number of anilines is 1. The topological polar surface area (TPSA) is 65.2 Å². The van der Waals surface area contributed by atoms with E-state index in [1.807, 2.05) is 12.1 Å². The maximum atomic E-state index is 14.7. The Morgan fingerprint density at radius 3 is 2.58 bits per heavy atom. The first kappa shape index (κ1) is 22.0. The Kier molecular flexibility index (Phi) is 7.04. The molecule has 0 atom stereocenters. The standard InChI is InChI=1S/C26H25FN2O2/c1-4-17-6-10-22(20-9-12-23(24(27)15-20)26(30)31-3)21(19(5-2)14-17)11-7-18-8-13-25(28)29-16-18/h6,8-10,12-13,15-16H,4-5,14H2,1-3H3,(H2,28,29). The average molecular weight is 416 g/mol. The fourth-order valence-corrected chi connectivity index (χ4v) is 3.41. The lowest BCUT2D eigenvalue weighted by atomic mass is 9.91. The van der Waals surface area contributed by atoms with E-state index in [1.165, 1.54) is 30.4 Å². The molecular weight excluding hydrogens is 391 g/mol. The fraction of sp³-hybridized carbons (Fsp3) is 0.231. The molecule has 158 valence electrons. The van der Waals surface area contributed by atoms with Gasteiger partial charge in [0.15, 0.2) is 0 Å². The van der Waals surface area contributed by atoms with Gasteiger partial charge in [0, 0.05) is 17.3 Å². The summed E-state index contributed by atoms with van der Waals surface area (Å²) in [6, 6.07) is 8.07. The Bertz CT molecular complexity index is 1150. The Labute approximate surface area is 182 Å². The molecular formula is C26H25FN2O2. The molecule has 1 aromatic carbocycles. The minimum absolute atomic E-state index is 0.0921. The summed E-state index contributed by atoms with van der Waals surface area (Å²) in [4.78, 5) is 15.9. The van der Waals surface area contributed by atoms with E-state index in [4.69, 9.17) is 5.73 Å². The second kappa shape index (κ2) is 9.90. The van der Waals surface area contributed by atoms with Crippen molar-refractivity contribution in [2.45, 2.75) is 33.1 Å². The first-order valence-electron chi connectivity index (χ1n) is 10.2. The Morgan fingerprint density at radius 1 is 1.16 bits per heavy atom. The van der Waals surface area contributed by atoms with Crippen LogP contribution in [0.1, 0.15) is 54.6 Å². The Balaban J connectivity index is 2.13. The van der Waals surface area contributed by atoms with Gasteiger partial charge in [-0.3, -0.25) is 0 Å². The molecule has 2 aromatic rings. The van der Waals surface area contributed by atoms with E-state index in [2.05, 4.69) is 41.5 Å². The van der Waals surface area contributed by atoms with Crippen LogP contribution in [0.4, 0.5) is 10.2 Å². The van der Waals surface area contributed by atoms with Crippen LogP contribution in [0.25, 0.3) is 5.57 Å². The third kappa shape index (κ3) is 5.10. The van der Waals surface area contributed by atoms with Crippen molar-refractivity contribution in [3.8, 4) is 11.8 Å². The van der Waals surface area contributed by atoms with Crippen LogP contribution in [-0.2, 0) is 4.74 Å². The van der Waals surface area contributed by atoms with Gasteiger partial charge >= 0.3 is 5.97 Å². The number of carbonyl (C=O) groups excluding carboxylic acids is 1. The highest BCUT2D eigenvalue weighted by Gasteiger charge is 2.18. The minimum Gasteiger partial charge on any atom is -0.465 e. The summed E-state index contributed by atoms with van der Waals surface area (Å²) in [7, 11) is 1.23. The van der Waals surface area contributed by atoms with Crippen molar-refractivity contribution in [1.82, 2.24) is 4.98 Å². The highest BCUT2D eigenvalue weighted by molar-refractivity contribution is 5.92. The molecule has 0 amide bonds. The molecule has 0 radical (unpaired) electrons. The Morgan fingerprint density at radius 2 is 1.97 bits per heavy atom. The number of carbonyl (C=O) groups is 1. The summed E-state index contributed by atoms with van der Waals surface area (Å²) in [5, 5.41) is 0. The van der Waals surface area contributed by atoms with E-state index in [9.17, 15) is 9.18 Å². The molecule has 0 saturated carbocycles. The number of esters is 1. The number of hydrogen-bond acceptors (Lipinski definition) is 4. The zero-order valence-corrected chi connectivity index (χ0v) is 18.0. The quantitative estimate of drug-likeness (QED) is 0.530. The molecule has 5 heteroatoms. The van der Waals surface area contributed by atoms with Gasteiger partial charge in [0.05, 0.1) is 12.7 Å². The lowest BCUT2D eigenvalue weighted by molar-refractivity contribution is 0.0595. The summed E-state index contributed by atoms with van der Waals surface area (Å²) in [5.74, 6) is 5.57. The predicted molar refractivity (Wildman–Crippen MR) is 122 cm³/mol. The number of hydrogen-bond donors (Lipinski definition) is 1. The van der Waals surface area contributed by atoms with E-state index >= 15 is 0 Å². The maximum Gasteiger partial charge on any atom is 0.340 e. The largest absolute Gasteiger partial charge is 0.465 e. The third-order valence-corrected chi connectivity index (χ3v) is 5.23. The first-order chi connectivity index (χ1) is 15.0. The van der Waals surface area contributed by atoms with Gasteiger partial charge in [-0.2, -0.15) is 0 Å². The molecule has 2 N–H and O–H groups in total. The molecule has 0 unspecified atom stereocenters. The number of allylic oxidation sites excluding steroid dienone is 6. The van der Waals surface area contributed by atoms with Gasteiger partial charge in [0.2, 0.25) is 0 Å². The summed E-state index contributed by atoms with van der Waals surface area (Å²) < 4.78 is 19.3. The summed E-state index contributed by atoms with van der Waals surface area (Å²) in [6.07, 6.45) is 8.26. The minimum atomic E-state index is -0.701. The maximum absolute atomic E-state index is 14.7. The van der Waals surface area contributed by atoms with Crippen LogP contribution < -0.4 is 5.73 Å². The number of methoxy groups -OCH3 is 1. The Hall–Kier alpha value is -3.65. The lowest BCUT2D eigenvalue weighted by Crippen LogP contribution is -2.05.